The number of rotatable bonds is 5. The number of hydrogen-bond donors (Lipinski definition) is 2. The smallest absolute Gasteiger partial charge is 0.341 e. The van der Waals surface area contributed by atoms with Crippen molar-refractivity contribution in [1.29, 1.82) is 0 Å². The number of carboxylic acids is 1. The molecular weight excluding hydrogens is 326 g/mol. The Morgan fingerprint density at radius 2 is 1.83 bits per heavy atom. The average molecular weight is 339 g/mol. The van der Waals surface area contributed by atoms with Crippen molar-refractivity contribution < 1.29 is 32.3 Å². The first-order valence-electron chi connectivity index (χ1n) is 6.29. The number of benzene rings is 1. The molecule has 0 aliphatic carbocycles. The van der Waals surface area contributed by atoms with Gasteiger partial charge in [0.05, 0.1) is 12.7 Å². The molecule has 0 radical (unpaired) electrons. The van der Waals surface area contributed by atoms with Crippen LogP contribution in [0, 0.1) is 6.92 Å². The van der Waals surface area contributed by atoms with Crippen LogP contribution in [0.25, 0.3) is 0 Å². The van der Waals surface area contributed by atoms with E-state index >= 15 is 0 Å². The van der Waals surface area contributed by atoms with Crippen LogP contribution in [-0.4, -0.2) is 32.6 Å². The molecular formula is C14H13NO7S. The Kier molecular flexibility index (Phi) is 4.41. The second-order valence-electron chi connectivity index (χ2n) is 4.51. The lowest BCUT2D eigenvalue weighted by molar-refractivity contribution is 0.0597. The predicted molar refractivity (Wildman–Crippen MR) is 79.0 cm³/mol. The van der Waals surface area contributed by atoms with Crippen LogP contribution in [0.4, 0.5) is 5.69 Å². The molecule has 0 aliphatic heterocycles. The molecule has 9 heteroatoms. The number of esters is 1. The van der Waals surface area contributed by atoms with Gasteiger partial charge in [-0.25, -0.2) is 9.59 Å². The third-order valence-electron chi connectivity index (χ3n) is 2.95. The first kappa shape index (κ1) is 16.6. The number of nitrogens with one attached hydrogen (secondary N) is 1. The highest BCUT2D eigenvalue weighted by Crippen LogP contribution is 2.22. The molecule has 1 heterocycles. The van der Waals surface area contributed by atoms with Gasteiger partial charge in [0.25, 0.3) is 10.0 Å². The number of anilines is 1. The molecule has 0 amide bonds. The van der Waals surface area contributed by atoms with Crippen LogP contribution in [0.1, 0.15) is 26.5 Å². The normalized spacial score (nSPS) is 11.0. The van der Waals surface area contributed by atoms with Crippen molar-refractivity contribution in [2.75, 3.05) is 11.8 Å². The van der Waals surface area contributed by atoms with Gasteiger partial charge in [-0.2, -0.15) is 8.42 Å². The zero-order chi connectivity index (χ0) is 17.2. The fourth-order valence-corrected chi connectivity index (χ4v) is 2.84. The summed E-state index contributed by atoms with van der Waals surface area (Å²) in [6, 6.07) is 6.19. The highest BCUT2D eigenvalue weighted by molar-refractivity contribution is 7.92. The third kappa shape index (κ3) is 3.51. The molecule has 122 valence electrons. The summed E-state index contributed by atoms with van der Waals surface area (Å²) in [4.78, 5) is 22.2. The Hall–Kier alpha value is -2.81. The zero-order valence-electron chi connectivity index (χ0n) is 12.2. The minimum Gasteiger partial charge on any atom is -0.478 e. The number of hydrogen-bond acceptors (Lipinski definition) is 6. The van der Waals surface area contributed by atoms with E-state index in [9.17, 15) is 18.0 Å². The zero-order valence-corrected chi connectivity index (χ0v) is 13.0. The maximum atomic E-state index is 12.2. The number of methoxy groups -OCH3 is 1. The lowest BCUT2D eigenvalue weighted by Crippen LogP contribution is -2.12. The van der Waals surface area contributed by atoms with Crippen molar-refractivity contribution in [3.05, 3.63) is 47.2 Å². The molecule has 2 aromatic rings. The molecule has 0 bridgehead atoms. The van der Waals surface area contributed by atoms with Crippen molar-refractivity contribution in [2.24, 2.45) is 0 Å². The maximum absolute atomic E-state index is 12.2. The van der Waals surface area contributed by atoms with E-state index in [0.717, 1.165) is 6.07 Å². The van der Waals surface area contributed by atoms with Gasteiger partial charge in [-0.3, -0.25) is 4.72 Å². The van der Waals surface area contributed by atoms with Gasteiger partial charge in [0.1, 0.15) is 11.3 Å². The van der Waals surface area contributed by atoms with Gasteiger partial charge in [0, 0.05) is 11.8 Å². The Morgan fingerprint density at radius 1 is 1.22 bits per heavy atom. The van der Waals surface area contributed by atoms with Crippen LogP contribution < -0.4 is 4.72 Å². The second-order valence-corrected chi connectivity index (χ2v) is 6.13. The summed E-state index contributed by atoms with van der Waals surface area (Å²) >= 11 is 0. The number of carboxylic acid groups (broad SMARTS) is 1. The molecule has 0 fully saturated rings. The minimum absolute atomic E-state index is 0.00843. The van der Waals surface area contributed by atoms with E-state index in [4.69, 9.17) is 9.52 Å². The van der Waals surface area contributed by atoms with Crippen molar-refractivity contribution in [3.63, 3.8) is 0 Å². The van der Waals surface area contributed by atoms with E-state index in [1.54, 1.807) is 0 Å². The van der Waals surface area contributed by atoms with Gasteiger partial charge in [0.2, 0.25) is 5.09 Å². The Bertz CT molecular complexity index is 850. The molecule has 0 saturated carbocycles. The van der Waals surface area contributed by atoms with E-state index in [2.05, 4.69) is 9.46 Å². The number of ether oxygens (including phenoxy) is 1. The minimum atomic E-state index is -4.06. The van der Waals surface area contributed by atoms with Gasteiger partial charge in [-0.15, -0.1) is 0 Å². The monoisotopic (exact) mass is 339 g/mol. The topological polar surface area (TPSA) is 123 Å². The van der Waals surface area contributed by atoms with Gasteiger partial charge in [0.15, 0.2) is 0 Å². The van der Waals surface area contributed by atoms with Gasteiger partial charge < -0.3 is 14.3 Å². The largest absolute Gasteiger partial charge is 0.478 e. The molecule has 0 saturated heterocycles. The summed E-state index contributed by atoms with van der Waals surface area (Å²) in [6.07, 6.45) is 0. The van der Waals surface area contributed by atoms with Crippen LogP contribution in [-0.2, 0) is 14.8 Å². The molecule has 23 heavy (non-hydrogen) atoms. The Labute approximate surface area is 131 Å². The fourth-order valence-electron chi connectivity index (χ4n) is 1.79. The summed E-state index contributed by atoms with van der Waals surface area (Å²) in [5.74, 6) is -1.72. The number of sulfonamides is 1. The standard InChI is InChI=1S/C14H13NO7S/c1-8-11(14(18)21-2)7-12(22-8)23(19,20)15-10-5-3-9(4-6-10)13(16)17/h3-7,15H,1-2H3,(H,16,17). The van der Waals surface area contributed by atoms with Crippen LogP contribution in [0.15, 0.2) is 39.8 Å². The highest BCUT2D eigenvalue weighted by atomic mass is 32.2. The number of carbonyl (C=O) groups is 2. The molecule has 2 rings (SSSR count). The summed E-state index contributed by atoms with van der Waals surface area (Å²) in [5, 5.41) is 8.35. The summed E-state index contributed by atoms with van der Waals surface area (Å²) in [7, 11) is -2.89. The quantitative estimate of drug-likeness (QED) is 0.797. The van der Waals surface area contributed by atoms with E-state index in [1.807, 2.05) is 0 Å². The molecule has 1 aromatic heterocycles. The van der Waals surface area contributed by atoms with E-state index in [0.29, 0.717) is 0 Å². The lowest BCUT2D eigenvalue weighted by Gasteiger charge is -2.05. The van der Waals surface area contributed by atoms with Gasteiger partial charge >= 0.3 is 11.9 Å². The van der Waals surface area contributed by atoms with Crippen molar-refractivity contribution in [3.8, 4) is 0 Å². The fraction of sp³-hybridized carbons (Fsp3) is 0.143. The predicted octanol–water partition coefficient (Wildman–Crippen LogP) is 1.87. The summed E-state index contributed by atoms with van der Waals surface area (Å²) in [6.45, 7) is 1.44. The van der Waals surface area contributed by atoms with Crippen molar-refractivity contribution >= 4 is 27.6 Å². The molecule has 8 nitrogen and oxygen atoms in total. The molecule has 0 unspecified atom stereocenters. The van der Waals surface area contributed by atoms with Crippen LogP contribution in [0.2, 0.25) is 0 Å². The molecule has 2 N–H and O–H groups in total. The maximum Gasteiger partial charge on any atom is 0.341 e. The molecule has 1 aromatic carbocycles. The first-order chi connectivity index (χ1) is 10.7. The first-order valence-corrected chi connectivity index (χ1v) is 7.78. The number of carbonyl (C=O) groups excluding carboxylic acids is 1. The average Bonchev–Trinajstić information content (AvgIpc) is 2.89. The van der Waals surface area contributed by atoms with Crippen LogP contribution >= 0.6 is 0 Å². The molecule has 0 atom stereocenters. The van der Waals surface area contributed by atoms with Crippen molar-refractivity contribution in [1.82, 2.24) is 0 Å². The third-order valence-corrected chi connectivity index (χ3v) is 4.18. The Balaban J connectivity index is 2.28. The SMILES string of the molecule is COC(=O)c1cc(S(=O)(=O)Nc2ccc(C(=O)O)cc2)oc1C. The molecule has 0 aliphatic rings. The summed E-state index contributed by atoms with van der Waals surface area (Å²) < 4.78 is 36.3. The second kappa shape index (κ2) is 6.13. The number of furan rings is 1. The number of aryl methyl sites for hydroxylation is 1. The van der Waals surface area contributed by atoms with E-state index in [1.165, 1.54) is 38.3 Å². The van der Waals surface area contributed by atoms with Crippen LogP contribution in [0.3, 0.4) is 0 Å². The number of aromatic carboxylic acids is 1. The van der Waals surface area contributed by atoms with E-state index < -0.39 is 27.1 Å². The van der Waals surface area contributed by atoms with E-state index in [-0.39, 0.29) is 22.6 Å². The van der Waals surface area contributed by atoms with Crippen molar-refractivity contribution in [2.45, 2.75) is 12.0 Å². The Morgan fingerprint density at radius 3 is 2.35 bits per heavy atom. The van der Waals surface area contributed by atoms with Gasteiger partial charge in [-0.05, 0) is 31.2 Å². The summed E-state index contributed by atoms with van der Waals surface area (Å²) in [5.41, 5.74) is 0.188. The molecule has 0 spiro atoms. The van der Waals surface area contributed by atoms with Crippen LogP contribution in [0.5, 0.6) is 0 Å². The van der Waals surface area contributed by atoms with Gasteiger partial charge in [-0.1, -0.05) is 0 Å². The lowest BCUT2D eigenvalue weighted by atomic mass is 10.2. The highest BCUT2D eigenvalue weighted by Gasteiger charge is 2.24.